The highest BCUT2D eigenvalue weighted by molar-refractivity contribution is 5.94. The summed E-state index contributed by atoms with van der Waals surface area (Å²) in [5.41, 5.74) is 6.11. The number of primary amides is 1. The van der Waals surface area contributed by atoms with Crippen LogP contribution in [0.4, 0.5) is 0 Å². The van der Waals surface area contributed by atoms with E-state index in [1.165, 1.54) is 12.4 Å². The number of nitrogens with one attached hydrogen (secondary N) is 1. The number of aromatic amines is 1. The molecule has 0 saturated heterocycles. The molecular weight excluding hydrogens is 282 g/mol. The Balaban J connectivity index is 2.44. The van der Waals surface area contributed by atoms with Gasteiger partial charge in [0, 0.05) is 6.20 Å². The van der Waals surface area contributed by atoms with Gasteiger partial charge in [-0.3, -0.25) is 4.79 Å². The van der Waals surface area contributed by atoms with E-state index in [0.29, 0.717) is 17.9 Å². The van der Waals surface area contributed by atoms with Crippen LogP contribution in [0.15, 0.2) is 24.3 Å². The van der Waals surface area contributed by atoms with Gasteiger partial charge in [0.25, 0.3) is 0 Å². The molecule has 0 aliphatic heterocycles. The zero-order valence-corrected chi connectivity index (χ0v) is 12.7. The lowest BCUT2D eigenvalue weighted by atomic mass is 10.1. The maximum Gasteiger partial charge on any atom is 0.247 e. The molecule has 114 valence electrons. The first-order chi connectivity index (χ1) is 10.3. The van der Waals surface area contributed by atoms with E-state index in [-0.39, 0.29) is 5.70 Å². The normalized spacial score (nSPS) is 12.2. The van der Waals surface area contributed by atoms with E-state index in [1.54, 1.807) is 6.20 Å². The van der Waals surface area contributed by atoms with Gasteiger partial charge in [0.2, 0.25) is 17.5 Å². The number of hydrogen-bond acceptors (Lipinski definition) is 4. The molecule has 0 unspecified atom stereocenters. The lowest BCUT2D eigenvalue weighted by Gasteiger charge is -2.20. The fraction of sp³-hybridized carbons (Fsp3) is 0.333. The topological polar surface area (TPSA) is 98.2 Å². The fourth-order valence-corrected chi connectivity index (χ4v) is 1.93. The van der Waals surface area contributed by atoms with Gasteiger partial charge in [0.05, 0.1) is 12.0 Å². The van der Waals surface area contributed by atoms with Crippen molar-refractivity contribution in [1.29, 1.82) is 0 Å². The number of carbonyl (C=O) groups excluding carboxylic acids is 1. The second-order valence-corrected chi connectivity index (χ2v) is 5.70. The van der Waals surface area contributed by atoms with Crippen molar-refractivity contribution in [3.05, 3.63) is 41.3 Å². The molecule has 0 aliphatic rings. The minimum Gasteiger partial charge on any atom is -0.471 e. The molecular formula is C15H17N5O2. The largest absolute Gasteiger partial charge is 0.471 e. The Labute approximate surface area is 128 Å². The number of ether oxygens (including phenoxy) is 1. The highest BCUT2D eigenvalue weighted by Crippen LogP contribution is 2.28. The number of fused-ring (bicyclic) bond motifs is 1. The second kappa shape index (κ2) is 5.85. The van der Waals surface area contributed by atoms with Crippen LogP contribution in [0.25, 0.3) is 15.9 Å². The predicted molar refractivity (Wildman–Crippen MR) is 81.9 cm³/mol. The number of amides is 1. The van der Waals surface area contributed by atoms with E-state index in [1.807, 2.05) is 20.8 Å². The predicted octanol–water partition coefficient (Wildman–Crippen LogP) is 1.97. The lowest BCUT2D eigenvalue weighted by molar-refractivity contribution is -0.114. The van der Waals surface area contributed by atoms with Crippen LogP contribution >= 0.6 is 0 Å². The summed E-state index contributed by atoms with van der Waals surface area (Å²) in [5, 5.41) is 0.738. The van der Waals surface area contributed by atoms with E-state index in [0.717, 1.165) is 10.9 Å². The Bertz CT molecular complexity index is 777. The third kappa shape index (κ3) is 3.41. The molecule has 0 atom stereocenters. The highest BCUT2D eigenvalue weighted by Gasteiger charge is 2.18. The number of aromatic nitrogens is 3. The van der Waals surface area contributed by atoms with Gasteiger partial charge in [-0.2, -0.15) is 0 Å². The average molecular weight is 299 g/mol. The highest BCUT2D eigenvalue weighted by atomic mass is 16.5. The third-order valence-corrected chi connectivity index (χ3v) is 2.81. The van der Waals surface area contributed by atoms with Crippen LogP contribution in [0, 0.1) is 6.57 Å². The van der Waals surface area contributed by atoms with Gasteiger partial charge >= 0.3 is 0 Å². The molecule has 2 heterocycles. The van der Waals surface area contributed by atoms with Crippen LogP contribution in [0.3, 0.4) is 0 Å². The Morgan fingerprint density at radius 3 is 2.82 bits per heavy atom. The van der Waals surface area contributed by atoms with Gasteiger partial charge in [0.1, 0.15) is 17.6 Å². The molecule has 2 rings (SSSR count). The molecule has 0 aliphatic carbocycles. The Morgan fingerprint density at radius 1 is 1.50 bits per heavy atom. The number of allylic oxidation sites excluding steroid dienone is 1. The molecule has 0 fully saturated rings. The van der Waals surface area contributed by atoms with Crippen LogP contribution in [0.2, 0.25) is 0 Å². The number of carbonyl (C=O) groups is 1. The molecule has 0 radical (unpaired) electrons. The molecule has 0 spiro atoms. The Kier molecular flexibility index (Phi) is 4.13. The van der Waals surface area contributed by atoms with E-state index >= 15 is 0 Å². The molecule has 7 heteroatoms. The lowest BCUT2D eigenvalue weighted by Crippen LogP contribution is -2.23. The van der Waals surface area contributed by atoms with Gasteiger partial charge < -0.3 is 15.5 Å². The zero-order chi connectivity index (χ0) is 16.3. The van der Waals surface area contributed by atoms with E-state index in [2.05, 4.69) is 19.8 Å². The van der Waals surface area contributed by atoms with Crippen molar-refractivity contribution in [3.8, 4) is 5.88 Å². The van der Waals surface area contributed by atoms with E-state index in [4.69, 9.17) is 17.0 Å². The van der Waals surface area contributed by atoms with Crippen molar-refractivity contribution in [2.24, 2.45) is 5.73 Å². The van der Waals surface area contributed by atoms with Crippen LogP contribution in [0.5, 0.6) is 5.88 Å². The molecule has 2 aromatic rings. The second-order valence-electron chi connectivity index (χ2n) is 5.70. The van der Waals surface area contributed by atoms with E-state index < -0.39 is 11.5 Å². The first-order valence-corrected chi connectivity index (χ1v) is 6.69. The summed E-state index contributed by atoms with van der Waals surface area (Å²) in [4.78, 5) is 25.6. The SMILES string of the molecule is [C-]#[N+]/C(=C\Cc1c[nH]c2ncnc(OC(C)(C)C)c12)C(N)=O. The molecule has 0 saturated carbocycles. The summed E-state index contributed by atoms with van der Waals surface area (Å²) in [6, 6.07) is 0. The quantitative estimate of drug-likeness (QED) is 0.666. The summed E-state index contributed by atoms with van der Waals surface area (Å²) in [5.74, 6) is -0.275. The van der Waals surface area contributed by atoms with E-state index in [9.17, 15) is 4.79 Å². The number of rotatable bonds is 4. The van der Waals surface area contributed by atoms with Gasteiger partial charge in [-0.25, -0.2) is 14.8 Å². The van der Waals surface area contributed by atoms with Crippen molar-refractivity contribution < 1.29 is 9.53 Å². The summed E-state index contributed by atoms with van der Waals surface area (Å²) < 4.78 is 5.85. The average Bonchev–Trinajstić information content (AvgIpc) is 2.82. The van der Waals surface area contributed by atoms with Crippen molar-refractivity contribution in [2.45, 2.75) is 32.8 Å². The van der Waals surface area contributed by atoms with Crippen molar-refractivity contribution in [2.75, 3.05) is 0 Å². The van der Waals surface area contributed by atoms with Gasteiger partial charge in [-0.05, 0) is 32.8 Å². The number of nitrogens with zero attached hydrogens (tertiary/aromatic N) is 3. The molecule has 2 aromatic heterocycles. The summed E-state index contributed by atoms with van der Waals surface area (Å²) >= 11 is 0. The summed E-state index contributed by atoms with van der Waals surface area (Å²) in [6.07, 6.45) is 5.03. The van der Waals surface area contributed by atoms with Gasteiger partial charge in [-0.15, -0.1) is 0 Å². The van der Waals surface area contributed by atoms with Crippen LogP contribution in [-0.4, -0.2) is 26.5 Å². The molecule has 0 aromatic carbocycles. The summed E-state index contributed by atoms with van der Waals surface area (Å²) in [7, 11) is 0. The Hall–Kier alpha value is -2.88. The number of hydrogen-bond donors (Lipinski definition) is 2. The maximum absolute atomic E-state index is 11.1. The van der Waals surface area contributed by atoms with Crippen molar-refractivity contribution >= 4 is 16.9 Å². The first kappa shape index (κ1) is 15.5. The van der Waals surface area contributed by atoms with Crippen LogP contribution in [0.1, 0.15) is 26.3 Å². The molecule has 3 N–H and O–H groups in total. The van der Waals surface area contributed by atoms with Crippen molar-refractivity contribution in [3.63, 3.8) is 0 Å². The first-order valence-electron chi connectivity index (χ1n) is 6.69. The third-order valence-electron chi connectivity index (χ3n) is 2.81. The maximum atomic E-state index is 11.1. The summed E-state index contributed by atoms with van der Waals surface area (Å²) in [6.45, 7) is 12.7. The van der Waals surface area contributed by atoms with Gasteiger partial charge in [0.15, 0.2) is 0 Å². The minimum atomic E-state index is -0.739. The fourth-order valence-electron chi connectivity index (χ4n) is 1.93. The number of nitrogens with two attached hydrogens (primary N) is 1. The smallest absolute Gasteiger partial charge is 0.247 e. The number of H-pyrrole nitrogens is 1. The Morgan fingerprint density at radius 2 is 2.23 bits per heavy atom. The molecule has 7 nitrogen and oxygen atoms in total. The monoisotopic (exact) mass is 299 g/mol. The van der Waals surface area contributed by atoms with Crippen molar-refractivity contribution in [1.82, 2.24) is 15.0 Å². The minimum absolute atomic E-state index is 0.0931. The standard InChI is InChI=1S/C15H17N5O2/c1-15(2,3)22-14-11-9(5-6-10(17-4)12(16)21)7-18-13(11)19-8-20-14/h6-8H,5H2,1-3H3,(H2,16,21)(H,18,19,20)/b10-6-. The zero-order valence-electron chi connectivity index (χ0n) is 12.7. The molecule has 0 bridgehead atoms. The van der Waals surface area contributed by atoms with Crippen LogP contribution < -0.4 is 10.5 Å². The molecule has 1 amide bonds. The van der Waals surface area contributed by atoms with Gasteiger partial charge in [-0.1, -0.05) is 6.08 Å². The van der Waals surface area contributed by atoms with Crippen LogP contribution in [-0.2, 0) is 11.2 Å². The molecule has 22 heavy (non-hydrogen) atoms.